The van der Waals surface area contributed by atoms with Crippen molar-refractivity contribution in [1.82, 2.24) is 10.2 Å². The average molecular weight is 210 g/mol. The van der Waals surface area contributed by atoms with Gasteiger partial charge in [0.2, 0.25) is 0 Å². The molecule has 0 spiro atoms. The van der Waals surface area contributed by atoms with Crippen molar-refractivity contribution in [3.8, 4) is 0 Å². The quantitative estimate of drug-likeness (QED) is 0.768. The van der Waals surface area contributed by atoms with Crippen LogP contribution in [0, 0.1) is 5.92 Å². The lowest BCUT2D eigenvalue weighted by Crippen LogP contribution is -2.30. The second-order valence-corrected chi connectivity index (χ2v) is 5.24. The van der Waals surface area contributed by atoms with E-state index in [-0.39, 0.29) is 0 Å². The third kappa shape index (κ3) is 4.12. The molecule has 0 radical (unpaired) electrons. The van der Waals surface area contributed by atoms with Crippen molar-refractivity contribution in [3.63, 3.8) is 0 Å². The molecule has 0 amide bonds. The van der Waals surface area contributed by atoms with Crippen LogP contribution in [0.1, 0.15) is 44.9 Å². The summed E-state index contributed by atoms with van der Waals surface area (Å²) < 4.78 is 0. The molecule has 2 rings (SSSR count). The van der Waals surface area contributed by atoms with Gasteiger partial charge in [-0.3, -0.25) is 0 Å². The minimum Gasteiger partial charge on any atom is -0.315 e. The fourth-order valence-electron chi connectivity index (χ4n) is 2.97. The van der Waals surface area contributed by atoms with E-state index in [1.807, 2.05) is 0 Å². The molecule has 0 atom stereocenters. The van der Waals surface area contributed by atoms with Crippen molar-refractivity contribution in [2.75, 3.05) is 32.7 Å². The van der Waals surface area contributed by atoms with E-state index in [1.165, 1.54) is 77.7 Å². The van der Waals surface area contributed by atoms with Gasteiger partial charge in [0, 0.05) is 13.1 Å². The van der Waals surface area contributed by atoms with Gasteiger partial charge in [0.1, 0.15) is 0 Å². The first-order valence-electron chi connectivity index (χ1n) is 6.88. The molecule has 1 heterocycles. The monoisotopic (exact) mass is 210 g/mol. The predicted molar refractivity (Wildman–Crippen MR) is 65.1 cm³/mol. The van der Waals surface area contributed by atoms with E-state index >= 15 is 0 Å². The highest BCUT2D eigenvalue weighted by atomic mass is 15.1. The molecule has 1 saturated heterocycles. The second kappa shape index (κ2) is 6.49. The van der Waals surface area contributed by atoms with E-state index in [2.05, 4.69) is 10.2 Å². The zero-order chi connectivity index (χ0) is 10.3. The van der Waals surface area contributed by atoms with Crippen LogP contribution in [0.25, 0.3) is 0 Å². The number of hydrogen-bond donors (Lipinski definition) is 1. The summed E-state index contributed by atoms with van der Waals surface area (Å²) in [6, 6.07) is 0. The topological polar surface area (TPSA) is 15.3 Å². The van der Waals surface area contributed by atoms with Crippen LogP contribution >= 0.6 is 0 Å². The molecule has 0 aromatic heterocycles. The summed E-state index contributed by atoms with van der Waals surface area (Å²) in [7, 11) is 0. The molecular formula is C13H26N2. The Morgan fingerprint density at radius 1 is 0.933 bits per heavy atom. The maximum Gasteiger partial charge on any atom is 0.0107 e. The Balaban J connectivity index is 1.62. The fourth-order valence-corrected chi connectivity index (χ4v) is 2.97. The van der Waals surface area contributed by atoms with Gasteiger partial charge in [0.05, 0.1) is 0 Å². The van der Waals surface area contributed by atoms with E-state index in [9.17, 15) is 0 Å². The lowest BCUT2D eigenvalue weighted by atomic mass is 9.87. The SMILES string of the molecule is C1CCC(CCN2CCCNCC2)CC1. The summed E-state index contributed by atoms with van der Waals surface area (Å²) in [5.74, 6) is 1.05. The van der Waals surface area contributed by atoms with E-state index in [4.69, 9.17) is 0 Å². The lowest BCUT2D eigenvalue weighted by molar-refractivity contribution is 0.242. The van der Waals surface area contributed by atoms with Gasteiger partial charge < -0.3 is 10.2 Å². The van der Waals surface area contributed by atoms with Gasteiger partial charge in [0.25, 0.3) is 0 Å². The molecule has 1 aliphatic heterocycles. The molecule has 1 aliphatic carbocycles. The molecule has 0 aromatic rings. The zero-order valence-corrected chi connectivity index (χ0v) is 10.0. The van der Waals surface area contributed by atoms with Crippen molar-refractivity contribution in [2.45, 2.75) is 44.9 Å². The Labute approximate surface area is 94.4 Å². The summed E-state index contributed by atoms with van der Waals surface area (Å²) >= 11 is 0. The second-order valence-electron chi connectivity index (χ2n) is 5.24. The molecule has 1 saturated carbocycles. The normalized spacial score (nSPS) is 26.4. The summed E-state index contributed by atoms with van der Waals surface area (Å²) in [5.41, 5.74) is 0. The largest absolute Gasteiger partial charge is 0.315 e. The number of hydrogen-bond acceptors (Lipinski definition) is 2. The molecule has 15 heavy (non-hydrogen) atoms. The summed E-state index contributed by atoms with van der Waals surface area (Å²) in [4.78, 5) is 2.66. The molecule has 1 N–H and O–H groups in total. The van der Waals surface area contributed by atoms with Crippen LogP contribution in [-0.4, -0.2) is 37.6 Å². The van der Waals surface area contributed by atoms with Crippen LogP contribution in [0.15, 0.2) is 0 Å². The van der Waals surface area contributed by atoms with E-state index < -0.39 is 0 Å². The van der Waals surface area contributed by atoms with E-state index in [1.54, 1.807) is 0 Å². The minimum atomic E-state index is 1.05. The first-order valence-corrected chi connectivity index (χ1v) is 6.88. The molecule has 88 valence electrons. The molecule has 2 aliphatic rings. The van der Waals surface area contributed by atoms with Gasteiger partial charge in [-0.25, -0.2) is 0 Å². The molecule has 2 nitrogen and oxygen atoms in total. The highest BCUT2D eigenvalue weighted by molar-refractivity contribution is 4.70. The van der Waals surface area contributed by atoms with Gasteiger partial charge in [-0.1, -0.05) is 32.1 Å². The predicted octanol–water partition coefficient (Wildman–Crippen LogP) is 2.25. The van der Waals surface area contributed by atoms with E-state index in [0.29, 0.717) is 0 Å². The van der Waals surface area contributed by atoms with Crippen LogP contribution in [-0.2, 0) is 0 Å². The van der Waals surface area contributed by atoms with Crippen LogP contribution in [0.4, 0.5) is 0 Å². The number of nitrogens with one attached hydrogen (secondary N) is 1. The average Bonchev–Trinajstić information content (AvgIpc) is 2.56. The third-order valence-corrected chi connectivity index (χ3v) is 4.01. The third-order valence-electron chi connectivity index (χ3n) is 4.01. The van der Waals surface area contributed by atoms with Crippen molar-refractivity contribution < 1.29 is 0 Å². The highest BCUT2D eigenvalue weighted by Crippen LogP contribution is 2.26. The Morgan fingerprint density at radius 3 is 2.67 bits per heavy atom. The first-order chi connectivity index (χ1) is 7.45. The summed E-state index contributed by atoms with van der Waals surface area (Å²) in [6.45, 7) is 6.36. The highest BCUT2D eigenvalue weighted by Gasteiger charge is 2.15. The standard InChI is InChI=1S/C13H26N2/c1-2-5-13(6-3-1)7-11-15-10-4-8-14-9-12-15/h13-14H,1-12H2. The van der Waals surface area contributed by atoms with Crippen LogP contribution in [0.2, 0.25) is 0 Å². The Kier molecular flexibility index (Phi) is 4.94. The molecule has 0 bridgehead atoms. The van der Waals surface area contributed by atoms with Crippen LogP contribution < -0.4 is 5.32 Å². The molecular weight excluding hydrogens is 184 g/mol. The van der Waals surface area contributed by atoms with Crippen molar-refractivity contribution in [2.24, 2.45) is 5.92 Å². The summed E-state index contributed by atoms with van der Waals surface area (Å²) in [5, 5.41) is 3.47. The maximum atomic E-state index is 3.47. The number of nitrogens with zero attached hydrogens (tertiary/aromatic N) is 1. The fraction of sp³-hybridized carbons (Fsp3) is 1.00. The van der Waals surface area contributed by atoms with Crippen molar-refractivity contribution in [3.05, 3.63) is 0 Å². The van der Waals surface area contributed by atoms with Gasteiger partial charge >= 0.3 is 0 Å². The Bertz CT molecular complexity index is 156. The van der Waals surface area contributed by atoms with Crippen molar-refractivity contribution >= 4 is 0 Å². The maximum absolute atomic E-state index is 3.47. The van der Waals surface area contributed by atoms with E-state index in [0.717, 1.165) is 5.92 Å². The number of rotatable bonds is 3. The Morgan fingerprint density at radius 2 is 1.80 bits per heavy atom. The summed E-state index contributed by atoms with van der Waals surface area (Å²) in [6.07, 6.45) is 10.3. The zero-order valence-electron chi connectivity index (χ0n) is 10.0. The Hall–Kier alpha value is -0.0800. The van der Waals surface area contributed by atoms with Gasteiger partial charge in [-0.05, 0) is 38.4 Å². The minimum absolute atomic E-state index is 1.05. The molecule has 2 heteroatoms. The van der Waals surface area contributed by atoms with Crippen LogP contribution in [0.3, 0.4) is 0 Å². The van der Waals surface area contributed by atoms with Gasteiger partial charge in [0.15, 0.2) is 0 Å². The smallest absolute Gasteiger partial charge is 0.0107 e. The molecule has 0 aromatic carbocycles. The van der Waals surface area contributed by atoms with Gasteiger partial charge in [-0.15, -0.1) is 0 Å². The first kappa shape index (κ1) is 11.4. The molecule has 2 fully saturated rings. The van der Waals surface area contributed by atoms with Gasteiger partial charge in [-0.2, -0.15) is 0 Å². The van der Waals surface area contributed by atoms with Crippen LogP contribution in [0.5, 0.6) is 0 Å². The van der Waals surface area contributed by atoms with Crippen molar-refractivity contribution in [1.29, 1.82) is 0 Å². The lowest BCUT2D eigenvalue weighted by Gasteiger charge is -2.25. The molecule has 0 unspecified atom stereocenters.